The van der Waals surface area contributed by atoms with Gasteiger partial charge in [-0.15, -0.1) is 0 Å². The number of nitrogens with two attached hydrogens (primary N) is 1. The van der Waals surface area contributed by atoms with Crippen molar-refractivity contribution in [3.8, 4) is 6.07 Å². The predicted octanol–water partition coefficient (Wildman–Crippen LogP) is 3.27. The van der Waals surface area contributed by atoms with Crippen molar-refractivity contribution in [3.63, 3.8) is 0 Å². The molecule has 0 aliphatic heterocycles. The van der Waals surface area contributed by atoms with E-state index in [-0.39, 0.29) is 0 Å². The molecule has 3 heteroatoms. The molecule has 2 nitrogen and oxygen atoms in total. The first-order valence-electron chi connectivity index (χ1n) is 6.13. The Labute approximate surface area is 107 Å². The van der Waals surface area contributed by atoms with Crippen molar-refractivity contribution in [3.05, 3.63) is 34.3 Å². The van der Waals surface area contributed by atoms with Gasteiger partial charge in [0.15, 0.2) is 0 Å². The van der Waals surface area contributed by atoms with Gasteiger partial charge in [-0.1, -0.05) is 17.7 Å². The molecule has 0 aromatic heterocycles. The van der Waals surface area contributed by atoms with Gasteiger partial charge in [-0.25, -0.2) is 0 Å². The first-order chi connectivity index (χ1) is 8.19. The van der Waals surface area contributed by atoms with E-state index in [2.05, 4.69) is 6.07 Å². The van der Waals surface area contributed by atoms with E-state index in [4.69, 9.17) is 22.6 Å². The highest BCUT2D eigenvalue weighted by atomic mass is 35.5. The second-order valence-electron chi connectivity index (χ2n) is 4.91. The van der Waals surface area contributed by atoms with Crippen LogP contribution >= 0.6 is 11.6 Å². The molecule has 1 aliphatic rings. The van der Waals surface area contributed by atoms with E-state index < -0.39 is 0 Å². The van der Waals surface area contributed by atoms with Crippen LogP contribution in [0.15, 0.2) is 18.2 Å². The highest BCUT2D eigenvalue weighted by Gasteiger charge is 2.18. The second-order valence-corrected chi connectivity index (χ2v) is 5.32. The molecule has 0 amide bonds. The molecular formula is C14H17ClN2. The molecule has 1 saturated carbocycles. The average molecular weight is 249 g/mol. The Morgan fingerprint density at radius 2 is 2.00 bits per heavy atom. The lowest BCUT2D eigenvalue weighted by Gasteiger charge is -2.26. The van der Waals surface area contributed by atoms with Gasteiger partial charge in [0.25, 0.3) is 0 Å². The number of halogens is 1. The van der Waals surface area contributed by atoms with Crippen LogP contribution in [0.1, 0.15) is 36.8 Å². The summed E-state index contributed by atoms with van der Waals surface area (Å²) in [5, 5.41) is 9.38. The van der Waals surface area contributed by atoms with E-state index in [9.17, 15) is 0 Å². The summed E-state index contributed by atoms with van der Waals surface area (Å²) < 4.78 is 0. The molecule has 0 heterocycles. The summed E-state index contributed by atoms with van der Waals surface area (Å²) in [6, 6.07) is 8.23. The lowest BCUT2D eigenvalue weighted by molar-refractivity contribution is 0.325. The van der Waals surface area contributed by atoms with Crippen LogP contribution in [-0.4, -0.2) is 6.04 Å². The van der Waals surface area contributed by atoms with Gasteiger partial charge >= 0.3 is 0 Å². The first kappa shape index (κ1) is 12.4. The molecule has 17 heavy (non-hydrogen) atoms. The van der Waals surface area contributed by atoms with E-state index in [1.165, 1.54) is 18.4 Å². The molecular weight excluding hydrogens is 232 g/mol. The zero-order chi connectivity index (χ0) is 12.3. The molecule has 1 aromatic rings. The Bertz CT molecular complexity index is 428. The van der Waals surface area contributed by atoms with Crippen molar-refractivity contribution in [2.24, 2.45) is 11.7 Å². The molecule has 1 aromatic carbocycles. The summed E-state index contributed by atoms with van der Waals surface area (Å²) in [6.45, 7) is 0. The SMILES string of the molecule is N#Cc1ccc(C[C@H]2CC[C@H](N)CC2)cc1Cl. The van der Waals surface area contributed by atoms with Crippen molar-refractivity contribution in [1.82, 2.24) is 0 Å². The summed E-state index contributed by atoms with van der Waals surface area (Å²) in [6.07, 6.45) is 5.74. The first-order valence-corrected chi connectivity index (χ1v) is 6.51. The Morgan fingerprint density at radius 1 is 1.29 bits per heavy atom. The third kappa shape index (κ3) is 3.21. The highest BCUT2D eigenvalue weighted by Crippen LogP contribution is 2.27. The van der Waals surface area contributed by atoms with E-state index in [0.717, 1.165) is 25.2 Å². The Morgan fingerprint density at radius 3 is 2.59 bits per heavy atom. The second kappa shape index (κ2) is 5.53. The zero-order valence-electron chi connectivity index (χ0n) is 9.82. The molecule has 0 saturated heterocycles. The number of hydrogen-bond acceptors (Lipinski definition) is 2. The van der Waals surface area contributed by atoms with Gasteiger partial charge in [0.05, 0.1) is 10.6 Å². The van der Waals surface area contributed by atoms with Gasteiger partial charge in [-0.05, 0) is 55.7 Å². The van der Waals surface area contributed by atoms with Crippen LogP contribution in [-0.2, 0) is 6.42 Å². The van der Waals surface area contributed by atoms with Gasteiger partial charge in [0.2, 0.25) is 0 Å². The number of rotatable bonds is 2. The van der Waals surface area contributed by atoms with E-state index >= 15 is 0 Å². The molecule has 90 valence electrons. The average Bonchev–Trinajstić information content (AvgIpc) is 2.32. The number of hydrogen-bond donors (Lipinski definition) is 1. The van der Waals surface area contributed by atoms with Crippen molar-refractivity contribution < 1.29 is 0 Å². The molecule has 2 rings (SSSR count). The predicted molar refractivity (Wildman–Crippen MR) is 69.8 cm³/mol. The molecule has 1 aliphatic carbocycles. The summed E-state index contributed by atoms with van der Waals surface area (Å²) >= 11 is 6.03. The molecule has 0 atom stereocenters. The van der Waals surface area contributed by atoms with Crippen LogP contribution in [0.5, 0.6) is 0 Å². The molecule has 1 fully saturated rings. The maximum absolute atomic E-state index is 8.81. The number of nitrogens with zero attached hydrogens (tertiary/aromatic N) is 1. The fourth-order valence-electron chi connectivity index (χ4n) is 2.50. The minimum Gasteiger partial charge on any atom is -0.328 e. The van der Waals surface area contributed by atoms with E-state index in [0.29, 0.717) is 16.6 Å². The maximum Gasteiger partial charge on any atom is 0.101 e. The minimum atomic E-state index is 0.399. The van der Waals surface area contributed by atoms with E-state index in [1.807, 2.05) is 18.2 Å². The quantitative estimate of drug-likeness (QED) is 0.873. The summed E-state index contributed by atoms with van der Waals surface area (Å²) in [5.74, 6) is 0.721. The fourth-order valence-corrected chi connectivity index (χ4v) is 2.75. The van der Waals surface area contributed by atoms with Crippen molar-refractivity contribution in [2.75, 3.05) is 0 Å². The van der Waals surface area contributed by atoms with Gasteiger partial charge in [0.1, 0.15) is 6.07 Å². The Balaban J connectivity index is 2.00. The van der Waals surface area contributed by atoms with Gasteiger partial charge in [0, 0.05) is 6.04 Å². The van der Waals surface area contributed by atoms with Crippen LogP contribution in [0.3, 0.4) is 0 Å². The van der Waals surface area contributed by atoms with Crippen molar-refractivity contribution >= 4 is 11.6 Å². The summed E-state index contributed by atoms with van der Waals surface area (Å²) in [4.78, 5) is 0. The third-order valence-corrected chi connectivity index (χ3v) is 3.88. The molecule has 0 spiro atoms. The smallest absolute Gasteiger partial charge is 0.101 e. The van der Waals surface area contributed by atoms with Crippen LogP contribution in [0.4, 0.5) is 0 Å². The highest BCUT2D eigenvalue weighted by molar-refractivity contribution is 6.31. The van der Waals surface area contributed by atoms with Crippen LogP contribution < -0.4 is 5.73 Å². The Hall–Kier alpha value is -1.04. The monoisotopic (exact) mass is 248 g/mol. The van der Waals surface area contributed by atoms with Gasteiger partial charge in [-0.3, -0.25) is 0 Å². The number of nitriles is 1. The van der Waals surface area contributed by atoms with Crippen molar-refractivity contribution in [1.29, 1.82) is 5.26 Å². The van der Waals surface area contributed by atoms with Crippen LogP contribution in [0.25, 0.3) is 0 Å². The summed E-state index contributed by atoms with van der Waals surface area (Å²) in [5.41, 5.74) is 7.68. The van der Waals surface area contributed by atoms with Gasteiger partial charge in [-0.2, -0.15) is 5.26 Å². The minimum absolute atomic E-state index is 0.399. The Kier molecular flexibility index (Phi) is 4.04. The maximum atomic E-state index is 8.81. The third-order valence-electron chi connectivity index (χ3n) is 3.57. The molecule has 2 N–H and O–H groups in total. The van der Waals surface area contributed by atoms with Crippen LogP contribution in [0, 0.1) is 17.2 Å². The standard InChI is InChI=1S/C14H17ClN2/c15-14-8-11(1-4-12(14)9-16)7-10-2-5-13(17)6-3-10/h1,4,8,10,13H,2-3,5-7,17H2/t10-,13-. The molecule has 0 bridgehead atoms. The van der Waals surface area contributed by atoms with E-state index in [1.54, 1.807) is 0 Å². The largest absolute Gasteiger partial charge is 0.328 e. The molecule has 0 unspecified atom stereocenters. The number of benzene rings is 1. The van der Waals surface area contributed by atoms with Crippen molar-refractivity contribution in [2.45, 2.75) is 38.1 Å². The lowest BCUT2D eigenvalue weighted by Crippen LogP contribution is -2.27. The summed E-state index contributed by atoms with van der Waals surface area (Å²) in [7, 11) is 0. The van der Waals surface area contributed by atoms with Crippen LogP contribution in [0.2, 0.25) is 5.02 Å². The zero-order valence-corrected chi connectivity index (χ0v) is 10.6. The lowest BCUT2D eigenvalue weighted by atomic mass is 9.83. The van der Waals surface area contributed by atoms with Gasteiger partial charge < -0.3 is 5.73 Å². The fraction of sp³-hybridized carbons (Fsp3) is 0.500. The molecule has 0 radical (unpaired) electrons. The topological polar surface area (TPSA) is 49.8 Å². The normalized spacial score (nSPS) is 24.3.